The Bertz CT molecular complexity index is 619. The molecule has 2 rings (SSSR count). The molecule has 0 fully saturated rings. The normalized spacial score (nSPS) is 10.7. The molecule has 1 heterocycles. The minimum atomic E-state index is -2.99. The number of benzene rings is 1. The Hall–Kier alpha value is -2.09. The third-order valence-corrected chi connectivity index (χ3v) is 3.40. The first-order valence-electron chi connectivity index (χ1n) is 6.27. The summed E-state index contributed by atoms with van der Waals surface area (Å²) in [5.74, 6) is -0.742. The van der Waals surface area contributed by atoms with Crippen LogP contribution in [-0.4, -0.2) is 22.7 Å². The van der Waals surface area contributed by atoms with E-state index in [1.807, 2.05) is 6.92 Å². The van der Waals surface area contributed by atoms with Gasteiger partial charge in [-0.1, -0.05) is 30.4 Å². The van der Waals surface area contributed by atoms with Crippen molar-refractivity contribution >= 4 is 22.4 Å². The number of amides is 1. The van der Waals surface area contributed by atoms with Gasteiger partial charge in [0.1, 0.15) is 10.8 Å². The summed E-state index contributed by atoms with van der Waals surface area (Å²) >= 11 is 1.26. The van der Waals surface area contributed by atoms with E-state index in [1.165, 1.54) is 29.5 Å². The average Bonchev–Trinajstić information content (AvgIpc) is 2.86. The fourth-order valence-electron chi connectivity index (χ4n) is 1.64. The largest absolute Gasteiger partial charge is 0.434 e. The molecule has 1 amide bonds. The van der Waals surface area contributed by atoms with Crippen LogP contribution in [0.4, 0.5) is 13.9 Å². The molecule has 0 aliphatic rings. The first-order valence-corrected chi connectivity index (χ1v) is 7.09. The Kier molecular flexibility index (Phi) is 5.15. The van der Waals surface area contributed by atoms with E-state index in [9.17, 15) is 13.6 Å². The van der Waals surface area contributed by atoms with Gasteiger partial charge in [0.05, 0.1) is 5.56 Å². The highest BCUT2D eigenvalue weighted by molar-refractivity contribution is 7.15. The van der Waals surface area contributed by atoms with Gasteiger partial charge in [-0.2, -0.15) is 8.78 Å². The average molecular weight is 313 g/mol. The van der Waals surface area contributed by atoms with Crippen molar-refractivity contribution in [2.45, 2.75) is 26.4 Å². The minimum absolute atomic E-state index is 0.0186. The quantitative estimate of drug-likeness (QED) is 0.888. The molecule has 2 aromatic rings. The van der Waals surface area contributed by atoms with Gasteiger partial charge in [-0.25, -0.2) is 0 Å². The molecule has 0 bridgehead atoms. The van der Waals surface area contributed by atoms with Gasteiger partial charge < -0.3 is 4.74 Å². The smallest absolute Gasteiger partial charge is 0.387 e. The van der Waals surface area contributed by atoms with Crippen LogP contribution in [0.3, 0.4) is 0 Å². The lowest BCUT2D eigenvalue weighted by Crippen LogP contribution is -2.14. The fraction of sp³-hybridized carbons (Fsp3) is 0.308. The second-order valence-electron chi connectivity index (χ2n) is 4.08. The van der Waals surface area contributed by atoms with Gasteiger partial charge in [0.15, 0.2) is 0 Å². The molecule has 0 saturated carbocycles. The van der Waals surface area contributed by atoms with E-state index < -0.39 is 12.5 Å². The summed E-state index contributed by atoms with van der Waals surface area (Å²) in [5, 5.41) is 11.4. The number of aryl methyl sites for hydroxylation is 1. The van der Waals surface area contributed by atoms with Gasteiger partial charge in [0.2, 0.25) is 5.13 Å². The molecule has 0 aliphatic carbocycles. The molecule has 0 aliphatic heterocycles. The molecule has 1 N–H and O–H groups in total. The Morgan fingerprint density at radius 2 is 2.14 bits per heavy atom. The van der Waals surface area contributed by atoms with Crippen LogP contribution in [0.5, 0.6) is 5.75 Å². The zero-order valence-corrected chi connectivity index (χ0v) is 12.0. The van der Waals surface area contributed by atoms with Gasteiger partial charge >= 0.3 is 6.61 Å². The van der Waals surface area contributed by atoms with E-state index in [0.717, 1.165) is 17.8 Å². The van der Waals surface area contributed by atoms with Crippen molar-refractivity contribution in [2.75, 3.05) is 5.32 Å². The zero-order chi connectivity index (χ0) is 15.2. The van der Waals surface area contributed by atoms with Crippen molar-refractivity contribution in [2.24, 2.45) is 0 Å². The number of nitrogens with zero attached hydrogens (tertiary/aromatic N) is 2. The van der Waals surface area contributed by atoms with Gasteiger partial charge in [-0.15, -0.1) is 10.2 Å². The molecule has 0 spiro atoms. The summed E-state index contributed by atoms with van der Waals surface area (Å²) in [6.07, 6.45) is 1.70. The number of aromatic nitrogens is 2. The molecule has 8 heteroatoms. The van der Waals surface area contributed by atoms with E-state index >= 15 is 0 Å². The van der Waals surface area contributed by atoms with E-state index in [1.54, 1.807) is 6.07 Å². The number of anilines is 1. The molecular formula is C13H13F2N3O2S. The molecule has 0 radical (unpaired) electrons. The highest BCUT2D eigenvalue weighted by atomic mass is 32.1. The summed E-state index contributed by atoms with van der Waals surface area (Å²) in [5.41, 5.74) is 0.0186. The molecule has 1 aromatic carbocycles. The lowest BCUT2D eigenvalue weighted by molar-refractivity contribution is -0.0501. The highest BCUT2D eigenvalue weighted by Gasteiger charge is 2.16. The monoisotopic (exact) mass is 313 g/mol. The zero-order valence-electron chi connectivity index (χ0n) is 11.2. The predicted octanol–water partition coefficient (Wildman–Crippen LogP) is 3.34. The highest BCUT2D eigenvalue weighted by Crippen LogP contribution is 2.23. The summed E-state index contributed by atoms with van der Waals surface area (Å²) in [6.45, 7) is -0.978. The van der Waals surface area contributed by atoms with Crippen LogP contribution < -0.4 is 10.1 Å². The van der Waals surface area contributed by atoms with Crippen LogP contribution in [0.15, 0.2) is 24.3 Å². The van der Waals surface area contributed by atoms with Crippen molar-refractivity contribution in [3.05, 3.63) is 34.8 Å². The number of rotatable bonds is 6. The summed E-state index contributed by atoms with van der Waals surface area (Å²) in [7, 11) is 0. The van der Waals surface area contributed by atoms with Crippen LogP contribution in [0.2, 0.25) is 0 Å². The predicted molar refractivity (Wildman–Crippen MR) is 74.9 cm³/mol. The van der Waals surface area contributed by atoms with Crippen molar-refractivity contribution in [1.82, 2.24) is 10.2 Å². The summed E-state index contributed by atoms with van der Waals surface area (Å²) in [4.78, 5) is 12.1. The Morgan fingerprint density at radius 3 is 2.86 bits per heavy atom. The molecule has 0 atom stereocenters. The number of carbonyl (C=O) groups is 1. The number of nitrogens with one attached hydrogen (secondary N) is 1. The third kappa shape index (κ3) is 4.19. The standard InChI is InChI=1S/C13H13F2N3O2S/c1-2-5-10-17-18-13(21-10)16-11(19)8-6-3-4-7-9(8)20-12(14)15/h3-4,6-7,12H,2,5H2,1H3,(H,16,18,19). The lowest BCUT2D eigenvalue weighted by atomic mass is 10.2. The molecule has 21 heavy (non-hydrogen) atoms. The van der Waals surface area contributed by atoms with Crippen LogP contribution >= 0.6 is 11.3 Å². The number of hydrogen-bond donors (Lipinski definition) is 1. The van der Waals surface area contributed by atoms with Crippen molar-refractivity contribution < 1.29 is 18.3 Å². The second kappa shape index (κ2) is 7.07. The number of para-hydroxylation sites is 1. The van der Waals surface area contributed by atoms with Crippen molar-refractivity contribution in [3.63, 3.8) is 0 Å². The first kappa shape index (κ1) is 15.3. The van der Waals surface area contributed by atoms with Crippen LogP contribution in [0, 0.1) is 0 Å². The molecule has 112 valence electrons. The molecule has 0 unspecified atom stereocenters. The maximum atomic E-state index is 12.3. The summed E-state index contributed by atoms with van der Waals surface area (Å²) in [6, 6.07) is 5.79. The number of carbonyl (C=O) groups excluding carboxylic acids is 1. The molecule has 5 nitrogen and oxygen atoms in total. The van der Waals surface area contributed by atoms with E-state index in [4.69, 9.17) is 0 Å². The number of alkyl halides is 2. The minimum Gasteiger partial charge on any atom is -0.434 e. The number of hydrogen-bond acceptors (Lipinski definition) is 5. The van der Waals surface area contributed by atoms with Gasteiger partial charge in [-0.3, -0.25) is 10.1 Å². The van der Waals surface area contributed by atoms with Crippen LogP contribution in [0.25, 0.3) is 0 Å². The van der Waals surface area contributed by atoms with E-state index in [2.05, 4.69) is 20.3 Å². The van der Waals surface area contributed by atoms with Crippen LogP contribution in [0.1, 0.15) is 28.7 Å². The Labute approximate surface area is 124 Å². The molecule has 1 aromatic heterocycles. The van der Waals surface area contributed by atoms with E-state index in [-0.39, 0.29) is 11.3 Å². The third-order valence-electron chi connectivity index (χ3n) is 2.50. The molecule has 0 saturated heterocycles. The topological polar surface area (TPSA) is 64.1 Å². The first-order chi connectivity index (χ1) is 10.1. The maximum Gasteiger partial charge on any atom is 0.387 e. The van der Waals surface area contributed by atoms with Crippen molar-refractivity contribution in [1.29, 1.82) is 0 Å². The van der Waals surface area contributed by atoms with Gasteiger partial charge in [0.25, 0.3) is 5.91 Å². The number of halogens is 2. The van der Waals surface area contributed by atoms with E-state index in [0.29, 0.717) is 5.13 Å². The SMILES string of the molecule is CCCc1nnc(NC(=O)c2ccccc2OC(F)F)s1. The number of ether oxygens (including phenoxy) is 1. The second-order valence-corrected chi connectivity index (χ2v) is 5.14. The van der Waals surface area contributed by atoms with Gasteiger partial charge in [-0.05, 0) is 18.6 Å². The summed E-state index contributed by atoms with van der Waals surface area (Å²) < 4.78 is 28.9. The Morgan fingerprint density at radius 1 is 1.38 bits per heavy atom. The maximum absolute atomic E-state index is 12.3. The molecular weight excluding hydrogens is 300 g/mol. The fourth-order valence-corrected chi connectivity index (χ4v) is 2.47. The lowest BCUT2D eigenvalue weighted by Gasteiger charge is -2.09. The van der Waals surface area contributed by atoms with Crippen molar-refractivity contribution in [3.8, 4) is 5.75 Å². The van der Waals surface area contributed by atoms with Gasteiger partial charge in [0, 0.05) is 6.42 Å². The Balaban J connectivity index is 2.12. The van der Waals surface area contributed by atoms with Crippen LogP contribution in [-0.2, 0) is 6.42 Å².